The molecular weight excluding hydrogens is 304 g/mol. The summed E-state index contributed by atoms with van der Waals surface area (Å²) in [4.78, 5) is 7.49. The van der Waals surface area contributed by atoms with Gasteiger partial charge >= 0.3 is 0 Å². The minimum atomic E-state index is 0.0869. The summed E-state index contributed by atoms with van der Waals surface area (Å²) in [6, 6.07) is 0.648. The lowest BCUT2D eigenvalue weighted by atomic mass is 9.66. The van der Waals surface area contributed by atoms with E-state index >= 15 is 0 Å². The molecule has 3 atom stereocenters. The number of halogens is 1. The minimum Gasteiger partial charge on any atom is -0.371 e. The molecule has 1 fully saturated rings. The van der Waals surface area contributed by atoms with Gasteiger partial charge in [-0.3, -0.25) is 4.99 Å². The molecule has 0 saturated heterocycles. The number of allylic oxidation sites excluding steroid dienone is 4. The van der Waals surface area contributed by atoms with E-state index in [2.05, 4.69) is 31.0 Å². The van der Waals surface area contributed by atoms with Crippen LogP contribution < -0.4 is 0 Å². The Morgan fingerprint density at radius 3 is 2.96 bits per heavy atom. The van der Waals surface area contributed by atoms with Crippen molar-refractivity contribution >= 4 is 17.8 Å². The van der Waals surface area contributed by atoms with Gasteiger partial charge in [-0.25, -0.2) is 0 Å². The molecule has 0 aromatic heterocycles. The predicted octanol–water partition coefficient (Wildman–Crippen LogP) is 4.68. The fraction of sp³-hybridized carbons (Fsp3) is 0.650. The number of aliphatic imine (C=N–C) groups is 1. The molecule has 5 aliphatic rings. The van der Waals surface area contributed by atoms with Crippen LogP contribution in [0.1, 0.15) is 46.0 Å². The third-order valence-electron chi connectivity index (χ3n) is 7.00. The Morgan fingerprint density at radius 1 is 1.35 bits per heavy atom. The fourth-order valence-corrected chi connectivity index (χ4v) is 5.51. The van der Waals surface area contributed by atoms with Crippen LogP contribution in [0.3, 0.4) is 0 Å². The smallest absolute Gasteiger partial charge is 0.0743 e. The van der Waals surface area contributed by atoms with Crippen molar-refractivity contribution in [2.75, 3.05) is 13.1 Å². The summed E-state index contributed by atoms with van der Waals surface area (Å²) in [6.07, 6.45) is 11.0. The van der Waals surface area contributed by atoms with E-state index < -0.39 is 0 Å². The molecule has 5 rings (SSSR count). The second-order valence-corrected chi connectivity index (χ2v) is 8.80. The second kappa shape index (κ2) is 4.75. The first-order chi connectivity index (χ1) is 11.1. The van der Waals surface area contributed by atoms with E-state index in [-0.39, 0.29) is 5.41 Å². The summed E-state index contributed by atoms with van der Waals surface area (Å²) in [5.41, 5.74) is 6.41. The van der Waals surface area contributed by atoms with E-state index in [0.29, 0.717) is 18.5 Å². The molecule has 122 valence electrons. The molecule has 0 aromatic rings. The molecule has 3 heteroatoms. The summed E-state index contributed by atoms with van der Waals surface area (Å²) in [7, 11) is 0. The fourth-order valence-electron chi connectivity index (χ4n) is 5.33. The molecule has 2 nitrogen and oxygen atoms in total. The topological polar surface area (TPSA) is 15.6 Å². The zero-order valence-electron chi connectivity index (χ0n) is 14.1. The second-order valence-electron chi connectivity index (χ2n) is 8.32. The molecule has 0 spiro atoms. The van der Waals surface area contributed by atoms with Crippen molar-refractivity contribution < 1.29 is 0 Å². The van der Waals surface area contributed by atoms with Gasteiger partial charge in [-0.05, 0) is 61.2 Å². The normalized spacial score (nSPS) is 42.4. The number of rotatable bonds is 2. The number of nitrogens with zero attached hydrogens (tertiary/aromatic N) is 2. The van der Waals surface area contributed by atoms with Gasteiger partial charge in [0, 0.05) is 34.9 Å². The molecule has 3 aliphatic carbocycles. The third kappa shape index (κ3) is 1.97. The highest BCUT2D eigenvalue weighted by atomic mass is 35.5. The molecule has 0 radical (unpaired) electrons. The Bertz CT molecular complexity index is 694. The average Bonchev–Trinajstić information content (AvgIpc) is 3.26. The van der Waals surface area contributed by atoms with Gasteiger partial charge in [-0.1, -0.05) is 31.0 Å². The summed E-state index contributed by atoms with van der Waals surface area (Å²) >= 11 is 6.45. The highest BCUT2D eigenvalue weighted by Crippen LogP contribution is 2.57. The van der Waals surface area contributed by atoms with Crippen LogP contribution in [0.4, 0.5) is 0 Å². The zero-order valence-corrected chi connectivity index (χ0v) is 14.9. The summed E-state index contributed by atoms with van der Waals surface area (Å²) < 4.78 is 0. The molecule has 2 aliphatic heterocycles. The van der Waals surface area contributed by atoms with Gasteiger partial charge in [0.05, 0.1) is 6.54 Å². The summed E-state index contributed by atoms with van der Waals surface area (Å²) in [6.45, 7) is 6.80. The van der Waals surface area contributed by atoms with Gasteiger partial charge in [0.1, 0.15) is 0 Å². The van der Waals surface area contributed by atoms with Crippen LogP contribution in [0.2, 0.25) is 0 Å². The Morgan fingerprint density at radius 2 is 2.17 bits per heavy atom. The maximum atomic E-state index is 6.45. The van der Waals surface area contributed by atoms with Crippen LogP contribution in [0, 0.1) is 17.3 Å². The van der Waals surface area contributed by atoms with Crippen molar-refractivity contribution in [1.29, 1.82) is 0 Å². The monoisotopic (exact) mass is 328 g/mol. The summed E-state index contributed by atoms with van der Waals surface area (Å²) in [5, 5.41) is 0.885. The van der Waals surface area contributed by atoms with Crippen molar-refractivity contribution in [3.8, 4) is 0 Å². The molecule has 2 heterocycles. The lowest BCUT2D eigenvalue weighted by molar-refractivity contribution is 0.146. The molecule has 0 N–H and O–H groups in total. The number of hydrogen-bond donors (Lipinski definition) is 0. The van der Waals surface area contributed by atoms with Gasteiger partial charge in [-0.15, -0.1) is 0 Å². The SMILES string of the molecule is CC1C2CC3=C(CCC4=C3/C=C(/Cl)C/N=C\C41C)N2CC1CC1. The lowest BCUT2D eigenvalue weighted by Gasteiger charge is -2.46. The molecular formula is C20H25ClN2. The molecule has 1 saturated carbocycles. The van der Waals surface area contributed by atoms with Gasteiger partial charge in [0.2, 0.25) is 0 Å². The quantitative estimate of drug-likeness (QED) is 0.718. The van der Waals surface area contributed by atoms with E-state index in [1.807, 2.05) is 0 Å². The highest BCUT2D eigenvalue weighted by molar-refractivity contribution is 6.30. The van der Waals surface area contributed by atoms with E-state index in [1.165, 1.54) is 44.2 Å². The Labute approximate surface area is 144 Å². The van der Waals surface area contributed by atoms with Crippen molar-refractivity contribution in [2.45, 2.75) is 52.0 Å². The van der Waals surface area contributed by atoms with Crippen LogP contribution in [0.5, 0.6) is 0 Å². The highest BCUT2D eigenvalue weighted by Gasteiger charge is 2.51. The van der Waals surface area contributed by atoms with Crippen molar-refractivity contribution in [2.24, 2.45) is 22.2 Å². The molecule has 0 amide bonds. The maximum absolute atomic E-state index is 6.45. The Hall–Kier alpha value is -1.02. The lowest BCUT2D eigenvalue weighted by Crippen LogP contribution is -2.46. The first-order valence-electron chi connectivity index (χ1n) is 9.17. The minimum absolute atomic E-state index is 0.0869. The zero-order chi connectivity index (χ0) is 15.8. The van der Waals surface area contributed by atoms with E-state index in [0.717, 1.165) is 11.0 Å². The van der Waals surface area contributed by atoms with Crippen LogP contribution in [-0.2, 0) is 0 Å². The number of fused-ring (bicyclic) bond motifs is 1. The molecule has 3 unspecified atom stereocenters. The first-order valence-corrected chi connectivity index (χ1v) is 9.55. The number of hydrogen-bond acceptors (Lipinski definition) is 2. The maximum Gasteiger partial charge on any atom is 0.0743 e. The molecule has 0 aromatic carbocycles. The van der Waals surface area contributed by atoms with E-state index in [4.69, 9.17) is 16.6 Å². The van der Waals surface area contributed by atoms with E-state index in [1.54, 1.807) is 16.8 Å². The first kappa shape index (κ1) is 14.3. The predicted molar refractivity (Wildman–Crippen MR) is 95.7 cm³/mol. The summed E-state index contributed by atoms with van der Waals surface area (Å²) in [5.74, 6) is 1.55. The van der Waals surface area contributed by atoms with Crippen LogP contribution in [0.15, 0.2) is 38.5 Å². The van der Waals surface area contributed by atoms with Gasteiger partial charge in [0.25, 0.3) is 0 Å². The van der Waals surface area contributed by atoms with Crippen LogP contribution in [-0.4, -0.2) is 30.2 Å². The van der Waals surface area contributed by atoms with Gasteiger partial charge in [-0.2, -0.15) is 0 Å². The standard InChI is InChI=1S/C20H25ClN2/c1-12-19-8-16-15-7-14(21)9-22-11-20(12,2)17(15)5-6-18(16)23(19)10-13-3-4-13/h7,11-13,19H,3-6,8-10H2,1-2H3/b14-7+,22-11-. The van der Waals surface area contributed by atoms with Crippen molar-refractivity contribution in [3.63, 3.8) is 0 Å². The molecule has 23 heavy (non-hydrogen) atoms. The largest absolute Gasteiger partial charge is 0.371 e. The van der Waals surface area contributed by atoms with Crippen LogP contribution >= 0.6 is 11.6 Å². The van der Waals surface area contributed by atoms with E-state index in [9.17, 15) is 0 Å². The Kier molecular flexibility index (Phi) is 2.96. The third-order valence-corrected chi connectivity index (χ3v) is 7.23. The van der Waals surface area contributed by atoms with Crippen molar-refractivity contribution in [3.05, 3.63) is 33.5 Å². The van der Waals surface area contributed by atoms with Crippen molar-refractivity contribution in [1.82, 2.24) is 4.90 Å². The van der Waals surface area contributed by atoms with Gasteiger partial charge < -0.3 is 4.90 Å². The van der Waals surface area contributed by atoms with Gasteiger partial charge in [0.15, 0.2) is 0 Å². The molecule has 5 bridgehead atoms. The number of likely N-dealkylation sites (tertiary alicyclic amines) is 1. The Balaban J connectivity index is 1.72. The average molecular weight is 329 g/mol. The van der Waals surface area contributed by atoms with Crippen LogP contribution in [0.25, 0.3) is 0 Å².